The molecule has 0 radical (unpaired) electrons. The molecule has 1 saturated heterocycles. The van der Waals surface area contributed by atoms with Crippen LogP contribution >= 0.6 is 0 Å². The quantitative estimate of drug-likeness (QED) is 0.835. The summed E-state index contributed by atoms with van der Waals surface area (Å²) in [5.74, 6) is 0. The first-order valence-corrected chi connectivity index (χ1v) is 8.09. The highest BCUT2D eigenvalue weighted by Gasteiger charge is 2.24. The van der Waals surface area contributed by atoms with Gasteiger partial charge in [-0.1, -0.05) is 19.3 Å². The monoisotopic (exact) mass is 278 g/mol. The van der Waals surface area contributed by atoms with E-state index in [1.165, 1.54) is 18.6 Å². The Labute approximate surface area is 114 Å². The zero-order valence-corrected chi connectivity index (χ0v) is 11.7. The number of nitrogens with zero attached hydrogens (tertiary/aromatic N) is 2. The molecule has 4 nitrogen and oxygen atoms in total. The molecule has 1 aromatic carbocycles. The van der Waals surface area contributed by atoms with Crippen LogP contribution in [0.5, 0.6) is 0 Å². The van der Waals surface area contributed by atoms with E-state index in [-0.39, 0.29) is 4.90 Å². The van der Waals surface area contributed by atoms with Crippen LogP contribution in [0.2, 0.25) is 0 Å². The summed E-state index contributed by atoms with van der Waals surface area (Å²) in [6.07, 6.45) is 5.24. The summed E-state index contributed by atoms with van der Waals surface area (Å²) in [5, 5.41) is 8.74. The molecule has 0 spiro atoms. The molecule has 1 aliphatic heterocycles. The average Bonchev–Trinajstić information content (AvgIpc) is 2.38. The number of benzene rings is 1. The zero-order valence-electron chi connectivity index (χ0n) is 10.9. The molecule has 0 N–H and O–H groups in total. The Kier molecular flexibility index (Phi) is 4.56. The van der Waals surface area contributed by atoms with E-state index in [1.807, 2.05) is 6.07 Å². The SMILES string of the molecule is N#Cc1ccc(S(=O)(=O)N2CCCCCCC2)cc1. The lowest BCUT2D eigenvalue weighted by Gasteiger charge is -2.24. The van der Waals surface area contributed by atoms with Gasteiger partial charge < -0.3 is 0 Å². The summed E-state index contributed by atoms with van der Waals surface area (Å²) < 4.78 is 26.6. The molecular weight excluding hydrogens is 260 g/mol. The molecule has 0 aliphatic carbocycles. The predicted molar refractivity (Wildman–Crippen MR) is 73.0 cm³/mol. The fourth-order valence-corrected chi connectivity index (χ4v) is 3.83. The van der Waals surface area contributed by atoms with Gasteiger partial charge in [-0.15, -0.1) is 0 Å². The standard InChI is InChI=1S/C14H18N2O2S/c15-12-13-6-8-14(9-7-13)19(17,18)16-10-4-2-1-3-5-11-16/h6-9H,1-5,10-11H2. The maximum absolute atomic E-state index is 12.5. The minimum Gasteiger partial charge on any atom is -0.207 e. The van der Waals surface area contributed by atoms with Crippen molar-refractivity contribution in [2.45, 2.75) is 37.0 Å². The van der Waals surface area contributed by atoms with Crippen molar-refractivity contribution in [1.82, 2.24) is 4.31 Å². The largest absolute Gasteiger partial charge is 0.243 e. The number of hydrogen-bond acceptors (Lipinski definition) is 3. The highest BCUT2D eigenvalue weighted by molar-refractivity contribution is 7.89. The van der Waals surface area contributed by atoms with E-state index in [0.29, 0.717) is 18.7 Å². The third-order valence-electron chi connectivity index (χ3n) is 3.44. The molecule has 0 amide bonds. The molecule has 0 aromatic heterocycles. The van der Waals surface area contributed by atoms with Crippen molar-refractivity contribution in [3.8, 4) is 6.07 Å². The third-order valence-corrected chi connectivity index (χ3v) is 5.35. The van der Waals surface area contributed by atoms with Gasteiger partial charge in [-0.3, -0.25) is 0 Å². The normalized spacial score (nSPS) is 18.3. The fraction of sp³-hybridized carbons (Fsp3) is 0.500. The maximum atomic E-state index is 12.5. The van der Waals surface area contributed by atoms with Gasteiger partial charge in [0, 0.05) is 13.1 Å². The Morgan fingerprint density at radius 2 is 1.47 bits per heavy atom. The Morgan fingerprint density at radius 3 is 2.00 bits per heavy atom. The number of rotatable bonds is 2. The molecule has 0 atom stereocenters. The molecule has 1 aromatic rings. The van der Waals surface area contributed by atoms with Gasteiger partial charge in [0.15, 0.2) is 0 Å². The first-order valence-electron chi connectivity index (χ1n) is 6.65. The fourth-order valence-electron chi connectivity index (χ4n) is 2.31. The average molecular weight is 278 g/mol. The van der Waals surface area contributed by atoms with Crippen LogP contribution in [-0.4, -0.2) is 25.8 Å². The molecule has 1 fully saturated rings. The van der Waals surface area contributed by atoms with E-state index in [4.69, 9.17) is 5.26 Å². The van der Waals surface area contributed by atoms with Crippen molar-refractivity contribution in [1.29, 1.82) is 5.26 Å². The Hall–Kier alpha value is -1.38. The molecule has 5 heteroatoms. The van der Waals surface area contributed by atoms with Crippen LogP contribution in [0, 0.1) is 11.3 Å². The highest BCUT2D eigenvalue weighted by atomic mass is 32.2. The summed E-state index contributed by atoms with van der Waals surface area (Å²) in [5.41, 5.74) is 0.478. The van der Waals surface area contributed by atoms with Crippen LogP contribution < -0.4 is 0 Å². The topological polar surface area (TPSA) is 61.2 Å². The lowest BCUT2D eigenvalue weighted by molar-refractivity contribution is 0.364. The Morgan fingerprint density at radius 1 is 0.947 bits per heavy atom. The smallest absolute Gasteiger partial charge is 0.207 e. The molecule has 1 aliphatic rings. The first-order chi connectivity index (χ1) is 9.14. The van der Waals surface area contributed by atoms with E-state index in [1.54, 1.807) is 16.4 Å². The van der Waals surface area contributed by atoms with E-state index < -0.39 is 10.0 Å². The third kappa shape index (κ3) is 3.34. The zero-order chi connectivity index (χ0) is 13.7. The molecule has 0 unspecified atom stereocenters. The van der Waals surface area contributed by atoms with Gasteiger partial charge in [-0.2, -0.15) is 9.57 Å². The highest BCUT2D eigenvalue weighted by Crippen LogP contribution is 2.20. The minimum absolute atomic E-state index is 0.284. The summed E-state index contributed by atoms with van der Waals surface area (Å²) in [7, 11) is -3.40. The Bertz CT molecular complexity index is 550. The Balaban J connectivity index is 2.21. The minimum atomic E-state index is -3.40. The van der Waals surface area contributed by atoms with Crippen molar-refractivity contribution < 1.29 is 8.42 Å². The summed E-state index contributed by atoms with van der Waals surface area (Å²) in [6.45, 7) is 1.20. The van der Waals surface area contributed by atoms with Crippen molar-refractivity contribution >= 4 is 10.0 Å². The van der Waals surface area contributed by atoms with Crippen LogP contribution in [0.4, 0.5) is 0 Å². The van der Waals surface area contributed by atoms with Crippen LogP contribution in [0.25, 0.3) is 0 Å². The van der Waals surface area contributed by atoms with Gasteiger partial charge in [-0.25, -0.2) is 8.42 Å². The molecule has 0 saturated carbocycles. The summed E-state index contributed by atoms with van der Waals surface area (Å²) in [6, 6.07) is 8.14. The van der Waals surface area contributed by atoms with Gasteiger partial charge >= 0.3 is 0 Å². The maximum Gasteiger partial charge on any atom is 0.243 e. The molecular formula is C14H18N2O2S. The van der Waals surface area contributed by atoms with E-state index in [0.717, 1.165) is 25.7 Å². The van der Waals surface area contributed by atoms with Gasteiger partial charge in [0.1, 0.15) is 0 Å². The molecule has 1 heterocycles. The van der Waals surface area contributed by atoms with Crippen molar-refractivity contribution in [3.63, 3.8) is 0 Å². The first kappa shape index (κ1) is 14.0. The number of sulfonamides is 1. The lowest BCUT2D eigenvalue weighted by atomic mass is 10.1. The second-order valence-corrected chi connectivity index (χ2v) is 6.75. The molecule has 102 valence electrons. The van der Waals surface area contributed by atoms with E-state index in [2.05, 4.69) is 0 Å². The van der Waals surface area contributed by atoms with Crippen LogP contribution in [-0.2, 0) is 10.0 Å². The number of hydrogen-bond donors (Lipinski definition) is 0. The van der Waals surface area contributed by atoms with Gasteiger partial charge in [0.2, 0.25) is 10.0 Å². The van der Waals surface area contributed by atoms with Crippen molar-refractivity contribution in [2.75, 3.05) is 13.1 Å². The number of nitriles is 1. The van der Waals surface area contributed by atoms with E-state index in [9.17, 15) is 8.42 Å². The molecule has 2 rings (SSSR count). The summed E-state index contributed by atoms with van der Waals surface area (Å²) in [4.78, 5) is 0.284. The van der Waals surface area contributed by atoms with Crippen LogP contribution in [0.3, 0.4) is 0 Å². The van der Waals surface area contributed by atoms with Gasteiger partial charge in [0.05, 0.1) is 16.5 Å². The summed E-state index contributed by atoms with van der Waals surface area (Å²) >= 11 is 0. The van der Waals surface area contributed by atoms with Gasteiger partial charge in [-0.05, 0) is 37.1 Å². The molecule has 0 bridgehead atoms. The second kappa shape index (κ2) is 6.18. The lowest BCUT2D eigenvalue weighted by Crippen LogP contribution is -2.33. The van der Waals surface area contributed by atoms with Crippen LogP contribution in [0.1, 0.15) is 37.7 Å². The van der Waals surface area contributed by atoms with Gasteiger partial charge in [0.25, 0.3) is 0 Å². The van der Waals surface area contributed by atoms with Crippen LogP contribution in [0.15, 0.2) is 29.2 Å². The van der Waals surface area contributed by atoms with Crippen molar-refractivity contribution in [3.05, 3.63) is 29.8 Å². The second-order valence-electron chi connectivity index (χ2n) is 4.81. The molecule has 19 heavy (non-hydrogen) atoms. The van der Waals surface area contributed by atoms with Crippen molar-refractivity contribution in [2.24, 2.45) is 0 Å². The predicted octanol–water partition coefficient (Wildman–Crippen LogP) is 2.51. The van der Waals surface area contributed by atoms with E-state index >= 15 is 0 Å².